The second kappa shape index (κ2) is 9.19. The number of nitrogens with zero attached hydrogens (tertiary/aromatic N) is 2. The molecule has 0 atom stereocenters. The topological polar surface area (TPSA) is 86.8 Å². The van der Waals surface area contributed by atoms with Gasteiger partial charge in [-0.3, -0.25) is 13.9 Å². The van der Waals surface area contributed by atoms with Gasteiger partial charge < -0.3 is 10.2 Å². The maximum atomic E-state index is 13.3. The quantitative estimate of drug-likeness (QED) is 0.705. The smallest absolute Gasteiger partial charge is 0.353 e. The van der Waals surface area contributed by atoms with Gasteiger partial charge in [-0.1, -0.05) is 23.8 Å². The molecular weight excluding hydrogens is 447 g/mol. The number of hydrogen-bond acceptors (Lipinski definition) is 4. The Balaban J connectivity index is 1.91. The van der Waals surface area contributed by atoms with Crippen LogP contribution in [0.25, 0.3) is 0 Å². The standard InChI is InChI=1S/C21H22F3N3O4S/c1-15-5-7-17(8-6-15)27(11-9-20(29)26-12-10-25-19(28)14-26)32(30,31)18-4-2-3-16(13-18)21(22,23)24/h2-8,13H,9-12,14H2,1H3,(H,25,28). The summed E-state index contributed by atoms with van der Waals surface area (Å²) < 4.78 is 66.9. The molecule has 0 unspecified atom stereocenters. The number of amides is 2. The molecule has 1 N–H and O–H groups in total. The van der Waals surface area contributed by atoms with Crippen LogP contribution >= 0.6 is 0 Å². The molecule has 1 fully saturated rings. The number of halogens is 3. The van der Waals surface area contributed by atoms with Crippen molar-refractivity contribution in [1.29, 1.82) is 0 Å². The first-order valence-corrected chi connectivity index (χ1v) is 11.2. The van der Waals surface area contributed by atoms with Gasteiger partial charge in [0, 0.05) is 26.1 Å². The lowest BCUT2D eigenvalue weighted by Gasteiger charge is -2.29. The Bertz CT molecular complexity index is 1100. The number of carbonyl (C=O) groups is 2. The van der Waals surface area contributed by atoms with E-state index in [1.54, 1.807) is 19.1 Å². The van der Waals surface area contributed by atoms with Gasteiger partial charge in [0.2, 0.25) is 11.8 Å². The Kier molecular flexibility index (Phi) is 6.77. The number of alkyl halides is 3. The first-order valence-electron chi connectivity index (χ1n) is 9.79. The number of carbonyl (C=O) groups excluding carboxylic acids is 2. The van der Waals surface area contributed by atoms with Crippen molar-refractivity contribution >= 4 is 27.5 Å². The predicted molar refractivity (Wildman–Crippen MR) is 111 cm³/mol. The van der Waals surface area contributed by atoms with Gasteiger partial charge in [0.15, 0.2) is 0 Å². The number of aryl methyl sites for hydroxylation is 1. The monoisotopic (exact) mass is 469 g/mol. The van der Waals surface area contributed by atoms with Crippen LogP contribution in [0.4, 0.5) is 18.9 Å². The molecular formula is C21H22F3N3O4S. The van der Waals surface area contributed by atoms with Crippen molar-refractivity contribution in [2.45, 2.75) is 24.4 Å². The summed E-state index contributed by atoms with van der Waals surface area (Å²) in [5.41, 5.74) is -0.00407. The first kappa shape index (κ1) is 23.6. The van der Waals surface area contributed by atoms with Crippen molar-refractivity contribution < 1.29 is 31.2 Å². The van der Waals surface area contributed by atoms with Crippen molar-refractivity contribution in [3.8, 4) is 0 Å². The van der Waals surface area contributed by atoms with Gasteiger partial charge in [0.25, 0.3) is 10.0 Å². The SMILES string of the molecule is Cc1ccc(N(CCC(=O)N2CCNC(=O)C2)S(=O)(=O)c2cccc(C(F)(F)F)c2)cc1. The number of nitrogens with one attached hydrogen (secondary N) is 1. The Morgan fingerprint density at radius 3 is 2.47 bits per heavy atom. The van der Waals surface area contributed by atoms with Crippen LogP contribution < -0.4 is 9.62 Å². The number of sulfonamides is 1. The van der Waals surface area contributed by atoms with Crippen molar-refractivity contribution in [3.05, 3.63) is 59.7 Å². The molecule has 11 heteroatoms. The van der Waals surface area contributed by atoms with E-state index in [2.05, 4.69) is 5.32 Å². The van der Waals surface area contributed by atoms with Crippen molar-refractivity contribution in [2.24, 2.45) is 0 Å². The molecule has 0 spiro atoms. The molecule has 2 aromatic carbocycles. The Morgan fingerprint density at radius 1 is 1.16 bits per heavy atom. The van der Waals surface area contributed by atoms with Crippen molar-refractivity contribution in [3.63, 3.8) is 0 Å². The molecule has 3 rings (SSSR count). The van der Waals surface area contributed by atoms with Gasteiger partial charge in [-0.2, -0.15) is 13.2 Å². The number of benzene rings is 2. The fourth-order valence-electron chi connectivity index (χ4n) is 3.27. The summed E-state index contributed by atoms with van der Waals surface area (Å²) in [4.78, 5) is 24.9. The molecule has 7 nitrogen and oxygen atoms in total. The van der Waals surface area contributed by atoms with E-state index in [0.29, 0.717) is 19.2 Å². The zero-order chi connectivity index (χ0) is 23.5. The van der Waals surface area contributed by atoms with Crippen LogP contribution in [0.15, 0.2) is 53.4 Å². The third-order valence-electron chi connectivity index (χ3n) is 4.99. The predicted octanol–water partition coefficient (Wildman–Crippen LogP) is 2.56. The Labute approximate surface area is 183 Å². The minimum atomic E-state index is -4.70. The summed E-state index contributed by atoms with van der Waals surface area (Å²) in [6, 6.07) is 9.87. The highest BCUT2D eigenvalue weighted by molar-refractivity contribution is 7.92. The van der Waals surface area contributed by atoms with E-state index in [0.717, 1.165) is 28.1 Å². The highest BCUT2D eigenvalue weighted by atomic mass is 32.2. The highest BCUT2D eigenvalue weighted by Gasteiger charge is 2.33. The van der Waals surface area contributed by atoms with Crippen LogP contribution in [-0.2, 0) is 25.8 Å². The van der Waals surface area contributed by atoms with Crippen LogP contribution in [0, 0.1) is 6.92 Å². The lowest BCUT2D eigenvalue weighted by atomic mass is 10.2. The third-order valence-corrected chi connectivity index (χ3v) is 6.81. The fourth-order valence-corrected chi connectivity index (χ4v) is 4.78. The minimum Gasteiger partial charge on any atom is -0.353 e. The maximum absolute atomic E-state index is 13.3. The summed E-state index contributed by atoms with van der Waals surface area (Å²) in [5, 5.41) is 2.60. The third kappa shape index (κ3) is 5.39. The van der Waals surface area contributed by atoms with Crippen LogP contribution in [0.2, 0.25) is 0 Å². The molecule has 32 heavy (non-hydrogen) atoms. The van der Waals surface area contributed by atoms with E-state index >= 15 is 0 Å². The van der Waals surface area contributed by atoms with Crippen molar-refractivity contribution in [2.75, 3.05) is 30.5 Å². The lowest BCUT2D eigenvalue weighted by molar-refractivity contribution is -0.138. The molecule has 0 aliphatic carbocycles. The molecule has 2 aromatic rings. The van der Waals surface area contributed by atoms with Crippen LogP contribution in [0.5, 0.6) is 0 Å². The minimum absolute atomic E-state index is 0.121. The van der Waals surface area contributed by atoms with E-state index in [-0.39, 0.29) is 31.1 Å². The van der Waals surface area contributed by atoms with E-state index in [1.807, 2.05) is 0 Å². The maximum Gasteiger partial charge on any atom is 0.416 e. The Morgan fingerprint density at radius 2 is 1.84 bits per heavy atom. The van der Waals surface area contributed by atoms with Crippen LogP contribution in [0.1, 0.15) is 17.5 Å². The van der Waals surface area contributed by atoms with Gasteiger partial charge in [0.1, 0.15) is 0 Å². The number of piperazine rings is 1. The molecule has 1 heterocycles. The molecule has 0 saturated carbocycles. The molecule has 1 aliphatic rings. The normalized spacial score (nSPS) is 14.8. The van der Waals surface area contributed by atoms with Crippen molar-refractivity contribution in [1.82, 2.24) is 10.2 Å². The van der Waals surface area contributed by atoms with Gasteiger partial charge in [-0.05, 0) is 37.3 Å². The zero-order valence-electron chi connectivity index (χ0n) is 17.2. The van der Waals surface area contributed by atoms with E-state index in [9.17, 15) is 31.2 Å². The van der Waals surface area contributed by atoms with E-state index in [4.69, 9.17) is 0 Å². The Hall–Kier alpha value is -3.08. The average Bonchev–Trinajstić information content (AvgIpc) is 2.74. The number of anilines is 1. The summed E-state index contributed by atoms with van der Waals surface area (Å²) in [5.74, 6) is -0.729. The lowest BCUT2D eigenvalue weighted by Crippen LogP contribution is -2.50. The fraction of sp³-hybridized carbons (Fsp3) is 0.333. The summed E-state index contributed by atoms with van der Waals surface area (Å²) in [6.07, 6.45) is -4.94. The molecule has 0 bridgehead atoms. The van der Waals surface area contributed by atoms with E-state index < -0.39 is 32.6 Å². The number of hydrogen-bond donors (Lipinski definition) is 1. The first-order chi connectivity index (χ1) is 15.0. The van der Waals surface area contributed by atoms with Gasteiger partial charge >= 0.3 is 6.18 Å². The summed E-state index contributed by atoms with van der Waals surface area (Å²) >= 11 is 0. The molecule has 0 radical (unpaired) electrons. The average molecular weight is 469 g/mol. The second-order valence-electron chi connectivity index (χ2n) is 7.35. The van der Waals surface area contributed by atoms with Crippen LogP contribution in [-0.4, -0.2) is 51.3 Å². The molecule has 1 aliphatic heterocycles. The second-order valence-corrected chi connectivity index (χ2v) is 9.22. The zero-order valence-corrected chi connectivity index (χ0v) is 18.0. The largest absolute Gasteiger partial charge is 0.416 e. The molecule has 1 saturated heterocycles. The molecule has 2 amide bonds. The summed E-state index contributed by atoms with van der Waals surface area (Å²) in [6.45, 7) is 1.99. The van der Waals surface area contributed by atoms with Gasteiger partial charge in [-0.15, -0.1) is 0 Å². The van der Waals surface area contributed by atoms with Gasteiger partial charge in [-0.25, -0.2) is 8.42 Å². The number of rotatable bonds is 6. The van der Waals surface area contributed by atoms with E-state index in [1.165, 1.54) is 17.0 Å². The van der Waals surface area contributed by atoms with Gasteiger partial charge in [0.05, 0.1) is 22.7 Å². The summed E-state index contributed by atoms with van der Waals surface area (Å²) in [7, 11) is -4.40. The molecule has 172 valence electrons. The molecule has 0 aromatic heterocycles. The van der Waals surface area contributed by atoms with Crippen LogP contribution in [0.3, 0.4) is 0 Å². The highest BCUT2D eigenvalue weighted by Crippen LogP contribution is 2.32.